The topological polar surface area (TPSA) is 45.1 Å². The van der Waals surface area contributed by atoms with Crippen molar-refractivity contribution in [3.05, 3.63) is 169 Å². The van der Waals surface area contributed by atoms with Crippen molar-refractivity contribution in [2.24, 2.45) is 0 Å². The fourth-order valence-electron chi connectivity index (χ4n) is 10.1. The van der Waals surface area contributed by atoms with E-state index in [2.05, 4.69) is 236 Å². The molecule has 8 heteroatoms. The number of nitrogens with zero attached hydrogens (tertiary/aromatic N) is 2. The molecule has 0 saturated carbocycles. The van der Waals surface area contributed by atoms with Crippen LogP contribution in [0.4, 0.5) is 17.1 Å². The summed E-state index contributed by atoms with van der Waals surface area (Å²) >= 11 is 0. The number of para-hydroxylation sites is 1. The van der Waals surface area contributed by atoms with E-state index in [4.69, 9.17) is 18.6 Å². The van der Waals surface area contributed by atoms with Crippen LogP contribution < -0.4 is 15.8 Å². The maximum absolute atomic E-state index is 6.43. The van der Waals surface area contributed by atoms with Gasteiger partial charge in [0.2, 0.25) is 0 Å². The Balaban J connectivity index is 0.977. The zero-order valence-electron chi connectivity index (χ0n) is 39.2. The second kappa shape index (κ2) is 14.6. The van der Waals surface area contributed by atoms with Gasteiger partial charge < -0.3 is 28.1 Å². The third-order valence-electron chi connectivity index (χ3n) is 15.3. The van der Waals surface area contributed by atoms with Gasteiger partial charge in [0, 0.05) is 38.9 Å². The summed E-state index contributed by atoms with van der Waals surface area (Å²) in [4.78, 5) is 2.30. The lowest BCUT2D eigenvalue weighted by Gasteiger charge is -2.32. The van der Waals surface area contributed by atoms with Crippen LogP contribution in [-0.2, 0) is 24.0 Å². The molecule has 0 amide bonds. The molecule has 0 N–H and O–H groups in total. The van der Waals surface area contributed by atoms with E-state index in [9.17, 15) is 0 Å². The monoisotopic (exact) mass is 854 g/mol. The first-order valence-corrected chi connectivity index (χ1v) is 23.0. The van der Waals surface area contributed by atoms with E-state index in [1.165, 1.54) is 55.3 Å². The van der Waals surface area contributed by atoms with Gasteiger partial charge in [-0.15, -0.1) is 0 Å². The molecule has 0 atom stereocenters. The number of anilines is 3. The molecule has 0 radical (unpaired) electrons. The minimum Gasteiger partial charge on any atom is -0.399 e. The number of hydrogen-bond acceptors (Lipinski definition) is 5. The summed E-state index contributed by atoms with van der Waals surface area (Å²) in [5, 5.41) is 2.48. The van der Waals surface area contributed by atoms with Crippen LogP contribution in [0.15, 0.2) is 158 Å². The second-order valence-corrected chi connectivity index (χ2v) is 20.7. The lowest BCUT2D eigenvalue weighted by molar-refractivity contribution is 0.00578. The third-order valence-corrected chi connectivity index (χ3v) is 15.3. The van der Waals surface area contributed by atoms with Crippen LogP contribution in [0.25, 0.3) is 49.7 Å². The molecule has 1 aromatic heterocycles. The van der Waals surface area contributed by atoms with Gasteiger partial charge in [-0.3, -0.25) is 0 Å². The molecule has 1 aliphatic carbocycles. The molecule has 7 aromatic carbocycles. The Morgan fingerprint density at radius 3 is 1.45 bits per heavy atom. The number of hydrogen-bond donors (Lipinski definition) is 0. The molecule has 324 valence electrons. The minimum absolute atomic E-state index is 0.0913. The predicted octanol–water partition coefficient (Wildman–Crippen LogP) is 12.8. The standard InChI is InChI=1S/C57H56B2N2O4/c1-53(2)48-19-13-11-16-45(48)46-35-34-43(36-49(46)53)61-50-20-14-12-17-47(50)52-44(18-15-21-51(52)61)37-22-28-40(29-23-37)60(41-30-24-38(25-31-41)58-62-54(3,4)55(5,6)63-58)42-32-26-39(27-33-42)59-64-56(7,8)57(9,10)65-59/h11-36H,1-10H3. The fraction of sp³-hybridized carbons (Fsp3) is 0.263. The number of fused-ring (bicyclic) bond motifs is 6. The first-order chi connectivity index (χ1) is 30.9. The molecule has 3 aliphatic rings. The van der Waals surface area contributed by atoms with Crippen LogP contribution in [0, 0.1) is 0 Å². The summed E-state index contributed by atoms with van der Waals surface area (Å²) in [6, 6.07) is 57.5. The lowest BCUT2D eigenvalue weighted by atomic mass is 9.79. The number of benzene rings is 7. The van der Waals surface area contributed by atoms with Gasteiger partial charge in [-0.05, 0) is 160 Å². The molecule has 0 unspecified atom stereocenters. The van der Waals surface area contributed by atoms with Crippen LogP contribution in [0.2, 0.25) is 0 Å². The van der Waals surface area contributed by atoms with Crippen molar-refractivity contribution in [1.29, 1.82) is 0 Å². The molecule has 8 aromatic rings. The zero-order chi connectivity index (χ0) is 45.3. The van der Waals surface area contributed by atoms with Gasteiger partial charge in [-0.1, -0.05) is 111 Å². The van der Waals surface area contributed by atoms with Gasteiger partial charge in [0.05, 0.1) is 33.4 Å². The SMILES string of the molecule is CC1(C)c2ccccc2-c2ccc(-n3c4ccccc4c4c(-c5ccc(N(c6ccc(B7OC(C)(C)C(C)(C)O7)cc6)c6ccc(B7OC(C)(C)C(C)(C)O7)cc6)cc5)cccc43)cc21. The van der Waals surface area contributed by atoms with Gasteiger partial charge in [0.1, 0.15) is 0 Å². The molecule has 3 heterocycles. The Morgan fingerprint density at radius 2 is 0.877 bits per heavy atom. The first-order valence-electron chi connectivity index (χ1n) is 23.0. The van der Waals surface area contributed by atoms with Gasteiger partial charge in [0.15, 0.2) is 0 Å². The van der Waals surface area contributed by atoms with E-state index in [1.54, 1.807) is 0 Å². The summed E-state index contributed by atoms with van der Waals surface area (Å²) < 4.78 is 28.2. The minimum atomic E-state index is -0.443. The quantitative estimate of drug-likeness (QED) is 0.149. The largest absolute Gasteiger partial charge is 0.494 e. The normalized spacial score (nSPS) is 18.6. The van der Waals surface area contributed by atoms with Gasteiger partial charge in [0.25, 0.3) is 0 Å². The molecule has 0 bridgehead atoms. The molecule has 11 rings (SSSR count). The summed E-state index contributed by atoms with van der Waals surface area (Å²) in [7, 11) is -0.886. The van der Waals surface area contributed by atoms with E-state index < -0.39 is 36.6 Å². The van der Waals surface area contributed by atoms with Crippen molar-refractivity contribution >= 4 is 64.0 Å². The molecule has 6 nitrogen and oxygen atoms in total. The van der Waals surface area contributed by atoms with Crippen molar-refractivity contribution in [3.8, 4) is 27.9 Å². The van der Waals surface area contributed by atoms with E-state index in [0.29, 0.717) is 0 Å². The van der Waals surface area contributed by atoms with Gasteiger partial charge in [-0.25, -0.2) is 0 Å². The Kier molecular flexibility index (Phi) is 9.36. The van der Waals surface area contributed by atoms with Crippen molar-refractivity contribution in [2.75, 3.05) is 4.90 Å². The smallest absolute Gasteiger partial charge is 0.399 e. The maximum atomic E-state index is 6.43. The van der Waals surface area contributed by atoms with Crippen molar-refractivity contribution in [1.82, 2.24) is 4.57 Å². The Labute approximate surface area is 384 Å². The summed E-state index contributed by atoms with van der Waals surface area (Å²) in [5.74, 6) is 0. The van der Waals surface area contributed by atoms with Crippen LogP contribution >= 0.6 is 0 Å². The van der Waals surface area contributed by atoms with Crippen LogP contribution in [0.1, 0.15) is 80.4 Å². The molecular formula is C57H56B2N2O4. The zero-order valence-corrected chi connectivity index (χ0v) is 39.2. The number of aromatic nitrogens is 1. The molecule has 2 fully saturated rings. The van der Waals surface area contributed by atoms with E-state index in [1.807, 2.05) is 0 Å². The van der Waals surface area contributed by atoms with Gasteiger partial charge in [-0.2, -0.15) is 0 Å². The van der Waals surface area contributed by atoms with Crippen LogP contribution in [0.5, 0.6) is 0 Å². The van der Waals surface area contributed by atoms with E-state index in [-0.39, 0.29) is 5.41 Å². The average Bonchev–Trinajstić information content (AvgIpc) is 3.90. The Bertz CT molecular complexity index is 3040. The van der Waals surface area contributed by atoms with Crippen LogP contribution in [0.3, 0.4) is 0 Å². The Morgan fingerprint density at radius 1 is 0.415 bits per heavy atom. The predicted molar refractivity (Wildman–Crippen MR) is 270 cm³/mol. The summed E-state index contributed by atoms with van der Waals surface area (Å²) in [6.45, 7) is 21.4. The van der Waals surface area contributed by atoms with Crippen molar-refractivity contribution < 1.29 is 18.6 Å². The molecule has 2 aliphatic heterocycles. The molecule has 2 saturated heterocycles. The van der Waals surface area contributed by atoms with E-state index in [0.717, 1.165) is 33.6 Å². The molecule has 0 spiro atoms. The van der Waals surface area contributed by atoms with E-state index >= 15 is 0 Å². The average molecular weight is 855 g/mol. The van der Waals surface area contributed by atoms with Gasteiger partial charge >= 0.3 is 14.2 Å². The highest BCUT2D eigenvalue weighted by atomic mass is 16.7. The molecule has 65 heavy (non-hydrogen) atoms. The summed E-state index contributed by atoms with van der Waals surface area (Å²) in [5.41, 5.74) is 14.6. The van der Waals surface area contributed by atoms with Crippen molar-refractivity contribution in [3.63, 3.8) is 0 Å². The highest BCUT2D eigenvalue weighted by molar-refractivity contribution is 6.62. The highest BCUT2D eigenvalue weighted by Gasteiger charge is 2.53. The van der Waals surface area contributed by atoms with Crippen molar-refractivity contribution in [2.45, 2.75) is 97.1 Å². The Hall–Kier alpha value is -5.89. The molecular weight excluding hydrogens is 798 g/mol. The van der Waals surface area contributed by atoms with Crippen LogP contribution in [-0.4, -0.2) is 41.2 Å². The maximum Gasteiger partial charge on any atom is 0.494 e. The first kappa shape index (κ1) is 41.8. The highest BCUT2D eigenvalue weighted by Crippen LogP contribution is 2.50. The summed E-state index contributed by atoms with van der Waals surface area (Å²) in [6.07, 6.45) is 0. The third kappa shape index (κ3) is 6.55. The number of rotatable bonds is 7. The fourth-order valence-corrected chi connectivity index (χ4v) is 10.1. The lowest BCUT2D eigenvalue weighted by Crippen LogP contribution is -2.41. The second-order valence-electron chi connectivity index (χ2n) is 20.7.